The van der Waals surface area contributed by atoms with Gasteiger partial charge in [0.25, 0.3) is 0 Å². The number of carbonyl (C=O) groups excluding carboxylic acids is 1. The van der Waals surface area contributed by atoms with Crippen LogP contribution in [0.5, 0.6) is 0 Å². The number of likely N-dealkylation sites (tertiary alicyclic amines) is 1. The molecule has 1 aliphatic heterocycles. The molecule has 1 aliphatic rings. The Labute approximate surface area is 190 Å². The first-order valence-electron chi connectivity index (χ1n) is 9.29. The maximum atomic E-state index is 12.7. The number of amides is 1. The van der Waals surface area contributed by atoms with E-state index in [0.717, 1.165) is 41.9 Å². The van der Waals surface area contributed by atoms with Crippen LogP contribution in [0.3, 0.4) is 0 Å². The maximum Gasteiger partial charge on any atom is 0.241 e. The highest BCUT2D eigenvalue weighted by Crippen LogP contribution is 2.27. The first kappa shape index (κ1) is 20.5. The van der Waals surface area contributed by atoms with Crippen molar-refractivity contribution in [2.45, 2.75) is 18.9 Å². The van der Waals surface area contributed by atoms with E-state index in [9.17, 15) is 4.79 Å². The van der Waals surface area contributed by atoms with E-state index in [2.05, 4.69) is 41.8 Å². The summed E-state index contributed by atoms with van der Waals surface area (Å²) in [5, 5.41) is 8.36. The van der Waals surface area contributed by atoms with Crippen molar-refractivity contribution in [1.29, 1.82) is 0 Å². The molecule has 3 heterocycles. The largest absolute Gasteiger partial charge is 0.376 e. The molecule has 1 atom stereocenters. The van der Waals surface area contributed by atoms with E-state index >= 15 is 0 Å². The lowest BCUT2D eigenvalue weighted by molar-refractivity contribution is -0.130. The minimum Gasteiger partial charge on any atom is -0.376 e. The van der Waals surface area contributed by atoms with Gasteiger partial charge in [0.15, 0.2) is 5.65 Å². The number of anilines is 2. The third kappa shape index (κ3) is 4.89. The SMILES string of the molecule is O=C(CNc1ccc(Cl)cc1)N1CCCC(Nc2ncnc3c2ccn3SI)C1. The van der Waals surface area contributed by atoms with Crippen LogP contribution < -0.4 is 10.6 Å². The normalized spacial score (nSPS) is 16.8. The first-order chi connectivity index (χ1) is 14.1. The molecule has 1 amide bonds. The third-order valence-corrected chi connectivity index (χ3v) is 6.89. The van der Waals surface area contributed by atoms with Crippen molar-refractivity contribution in [3.05, 3.63) is 47.9 Å². The molecule has 29 heavy (non-hydrogen) atoms. The van der Waals surface area contributed by atoms with Gasteiger partial charge in [0.1, 0.15) is 12.1 Å². The predicted octanol–water partition coefficient (Wildman–Crippen LogP) is 4.45. The summed E-state index contributed by atoms with van der Waals surface area (Å²) in [5.41, 5.74) is 1.77. The minimum absolute atomic E-state index is 0.0896. The molecule has 0 saturated carbocycles. The van der Waals surface area contributed by atoms with Crippen LogP contribution in [0.2, 0.25) is 5.02 Å². The zero-order valence-electron chi connectivity index (χ0n) is 15.5. The van der Waals surface area contributed by atoms with Gasteiger partial charge >= 0.3 is 0 Å². The van der Waals surface area contributed by atoms with Gasteiger partial charge in [0.05, 0.1) is 11.9 Å². The molecular formula is C19H20ClIN6OS. The van der Waals surface area contributed by atoms with Gasteiger partial charge in [-0.05, 0) is 43.2 Å². The molecule has 152 valence electrons. The van der Waals surface area contributed by atoms with Crippen LogP contribution in [-0.2, 0) is 4.79 Å². The predicted molar refractivity (Wildman–Crippen MR) is 128 cm³/mol. The molecule has 10 heteroatoms. The lowest BCUT2D eigenvalue weighted by Gasteiger charge is -2.33. The van der Waals surface area contributed by atoms with Crippen LogP contribution in [0.4, 0.5) is 11.5 Å². The second-order valence-electron chi connectivity index (χ2n) is 6.85. The fourth-order valence-corrected chi connectivity index (χ4v) is 4.87. The molecule has 1 fully saturated rings. The van der Waals surface area contributed by atoms with Gasteiger partial charge in [-0.3, -0.25) is 8.77 Å². The second kappa shape index (κ2) is 9.40. The molecule has 0 spiro atoms. The minimum atomic E-state index is 0.0896. The summed E-state index contributed by atoms with van der Waals surface area (Å²) < 4.78 is 2.00. The van der Waals surface area contributed by atoms with Gasteiger partial charge in [-0.15, -0.1) is 0 Å². The van der Waals surface area contributed by atoms with Crippen LogP contribution >= 0.6 is 41.9 Å². The molecule has 1 aromatic carbocycles. The molecule has 0 bridgehead atoms. The van der Waals surface area contributed by atoms with Crippen LogP contribution in [0.1, 0.15) is 12.8 Å². The van der Waals surface area contributed by atoms with Gasteiger partial charge in [-0.2, -0.15) is 0 Å². The van der Waals surface area contributed by atoms with Gasteiger partial charge < -0.3 is 15.5 Å². The van der Waals surface area contributed by atoms with Gasteiger partial charge in [-0.25, -0.2) is 9.97 Å². The topological polar surface area (TPSA) is 75.1 Å². The molecule has 0 radical (unpaired) electrons. The summed E-state index contributed by atoms with van der Waals surface area (Å²) in [6.45, 7) is 1.70. The van der Waals surface area contributed by atoms with Crippen LogP contribution in [0.15, 0.2) is 42.9 Å². The number of hydrogen-bond acceptors (Lipinski definition) is 6. The van der Waals surface area contributed by atoms with E-state index < -0.39 is 0 Å². The summed E-state index contributed by atoms with van der Waals surface area (Å²) in [6.07, 6.45) is 5.53. The zero-order valence-corrected chi connectivity index (χ0v) is 19.2. The van der Waals surface area contributed by atoms with Crippen LogP contribution in [0, 0.1) is 0 Å². The van der Waals surface area contributed by atoms with Crippen molar-refractivity contribution in [2.24, 2.45) is 0 Å². The molecule has 0 aliphatic carbocycles. The lowest BCUT2D eigenvalue weighted by atomic mass is 10.1. The van der Waals surface area contributed by atoms with Crippen molar-refractivity contribution >= 4 is 70.4 Å². The van der Waals surface area contributed by atoms with Gasteiger partial charge in [0, 0.05) is 66.4 Å². The number of hydrogen-bond donors (Lipinski definition) is 2. The average molecular weight is 543 g/mol. The molecule has 3 aromatic rings. The van der Waals surface area contributed by atoms with E-state index in [1.54, 1.807) is 15.4 Å². The molecular weight excluding hydrogens is 523 g/mol. The second-order valence-corrected chi connectivity index (χ2v) is 9.00. The van der Waals surface area contributed by atoms with Gasteiger partial charge in [-0.1, -0.05) is 11.6 Å². The van der Waals surface area contributed by atoms with Crippen molar-refractivity contribution < 1.29 is 4.79 Å². The van der Waals surface area contributed by atoms with Crippen LogP contribution in [-0.4, -0.2) is 50.4 Å². The Balaban J connectivity index is 1.37. The fraction of sp³-hybridized carbons (Fsp3) is 0.316. The van der Waals surface area contributed by atoms with E-state index in [1.807, 2.05) is 45.4 Å². The number of carbonyl (C=O) groups is 1. The number of nitrogens with one attached hydrogen (secondary N) is 2. The Morgan fingerprint density at radius 1 is 1.28 bits per heavy atom. The number of benzene rings is 1. The van der Waals surface area contributed by atoms with E-state index in [4.69, 9.17) is 11.6 Å². The molecule has 7 nitrogen and oxygen atoms in total. The summed E-state index contributed by atoms with van der Waals surface area (Å²) in [7, 11) is 1.57. The summed E-state index contributed by atoms with van der Waals surface area (Å²) in [5.74, 6) is 0.907. The maximum absolute atomic E-state index is 12.7. The molecule has 1 unspecified atom stereocenters. The highest BCUT2D eigenvalue weighted by molar-refractivity contribution is 14.2. The number of rotatable bonds is 6. The average Bonchev–Trinajstić information content (AvgIpc) is 3.17. The summed E-state index contributed by atoms with van der Waals surface area (Å²) >= 11 is 8.13. The Kier molecular flexibility index (Phi) is 6.66. The summed E-state index contributed by atoms with van der Waals surface area (Å²) in [6, 6.07) is 9.54. The Morgan fingerprint density at radius 2 is 2.10 bits per heavy atom. The number of nitrogens with zero attached hydrogens (tertiary/aromatic N) is 4. The Hall–Kier alpha value is -1.72. The third-order valence-electron chi connectivity index (χ3n) is 4.93. The Morgan fingerprint density at radius 3 is 2.90 bits per heavy atom. The highest BCUT2D eigenvalue weighted by Gasteiger charge is 2.24. The molecule has 2 N–H and O–H groups in total. The molecule has 1 saturated heterocycles. The number of aromatic nitrogens is 3. The van der Waals surface area contributed by atoms with E-state index in [1.165, 1.54) is 0 Å². The standard InChI is InChI=1S/C19H20ClIN6OS/c20-13-3-5-14(6-4-13)22-10-17(28)26-8-1-2-15(11-26)25-18-16-7-9-27(29-21)19(16)24-12-23-18/h3-7,9,12,15,22H,1-2,8,10-11H2,(H,23,24,25). The van der Waals surface area contributed by atoms with Crippen LogP contribution in [0.25, 0.3) is 11.0 Å². The number of halogens is 2. The summed E-state index contributed by atoms with van der Waals surface area (Å²) in [4.78, 5) is 23.4. The fourth-order valence-electron chi connectivity index (χ4n) is 3.47. The van der Waals surface area contributed by atoms with E-state index in [0.29, 0.717) is 11.6 Å². The van der Waals surface area contributed by atoms with Crippen molar-refractivity contribution in [2.75, 3.05) is 30.3 Å². The zero-order chi connectivity index (χ0) is 20.2. The lowest BCUT2D eigenvalue weighted by Crippen LogP contribution is -2.47. The van der Waals surface area contributed by atoms with E-state index in [-0.39, 0.29) is 18.5 Å². The highest BCUT2D eigenvalue weighted by atomic mass is 127. The quantitative estimate of drug-likeness (QED) is 0.449. The Bertz CT molecular complexity index is 998. The number of piperidine rings is 1. The number of fused-ring (bicyclic) bond motifs is 1. The van der Waals surface area contributed by atoms with Gasteiger partial charge in [0.2, 0.25) is 5.91 Å². The molecule has 4 rings (SSSR count). The van der Waals surface area contributed by atoms with Crippen molar-refractivity contribution in [3.8, 4) is 0 Å². The monoisotopic (exact) mass is 542 g/mol. The first-order valence-corrected chi connectivity index (χ1v) is 13.0. The smallest absolute Gasteiger partial charge is 0.241 e. The van der Waals surface area contributed by atoms with Crippen molar-refractivity contribution in [1.82, 2.24) is 18.8 Å². The van der Waals surface area contributed by atoms with Crippen molar-refractivity contribution in [3.63, 3.8) is 0 Å². The molecule has 2 aromatic heterocycles.